The van der Waals surface area contributed by atoms with E-state index in [2.05, 4.69) is 0 Å². The van der Waals surface area contributed by atoms with Crippen molar-refractivity contribution in [3.63, 3.8) is 0 Å². The largest absolute Gasteiger partial charge is 0.461 e. The Kier molecular flexibility index (Phi) is 1.76. The lowest BCUT2D eigenvalue weighted by Gasteiger charge is -2.22. The van der Waals surface area contributed by atoms with Crippen LogP contribution < -0.4 is 0 Å². The van der Waals surface area contributed by atoms with Gasteiger partial charge in [0, 0.05) is 5.92 Å². The Balaban J connectivity index is 2.17. The van der Waals surface area contributed by atoms with E-state index < -0.39 is 5.92 Å². The van der Waals surface area contributed by atoms with Crippen LogP contribution in [0.4, 0.5) is 0 Å². The van der Waals surface area contributed by atoms with Crippen LogP contribution in [0.15, 0.2) is 0 Å². The number of esters is 1. The highest BCUT2D eigenvalue weighted by Crippen LogP contribution is 2.38. The average molecular weight is 165 g/mol. The number of fused-ring (bicyclic) bond motifs is 1. The summed E-state index contributed by atoms with van der Waals surface area (Å²) >= 11 is 0. The molecule has 1 aliphatic carbocycles. The number of nitrogens with zero attached hydrogens (tertiary/aromatic N) is 1. The summed E-state index contributed by atoms with van der Waals surface area (Å²) in [6.45, 7) is 0. The van der Waals surface area contributed by atoms with Crippen LogP contribution in [-0.4, -0.2) is 12.1 Å². The Bertz CT molecular complexity index is 243. The lowest BCUT2D eigenvalue weighted by molar-refractivity contribution is -0.143. The number of nitriles is 1. The van der Waals surface area contributed by atoms with Crippen molar-refractivity contribution >= 4 is 5.97 Å². The van der Waals surface area contributed by atoms with E-state index in [1.807, 2.05) is 6.07 Å². The van der Waals surface area contributed by atoms with Crippen molar-refractivity contribution in [2.75, 3.05) is 0 Å². The van der Waals surface area contributed by atoms with Gasteiger partial charge in [0.1, 0.15) is 12.0 Å². The van der Waals surface area contributed by atoms with Crippen LogP contribution in [0.5, 0.6) is 0 Å². The summed E-state index contributed by atoms with van der Waals surface area (Å²) in [7, 11) is 0. The Morgan fingerprint density at radius 1 is 1.42 bits per heavy atom. The van der Waals surface area contributed by atoms with E-state index in [1.165, 1.54) is 0 Å². The zero-order valence-electron chi connectivity index (χ0n) is 6.82. The van der Waals surface area contributed by atoms with Crippen molar-refractivity contribution in [2.24, 2.45) is 11.8 Å². The normalized spacial score (nSPS) is 39.9. The fourth-order valence-corrected chi connectivity index (χ4v) is 2.20. The molecular weight excluding hydrogens is 154 g/mol. The minimum absolute atomic E-state index is 0.0518. The summed E-state index contributed by atoms with van der Waals surface area (Å²) in [5.74, 6) is -0.582. The summed E-state index contributed by atoms with van der Waals surface area (Å²) in [6, 6.07) is 2.04. The van der Waals surface area contributed by atoms with Gasteiger partial charge in [-0.3, -0.25) is 4.79 Å². The standard InChI is InChI=1S/C9H11NO2/c10-5-7-6-3-1-2-4-8(6)12-9(7)11/h6-8H,1-4H2/t6-,7?,8-/m1/s1. The van der Waals surface area contributed by atoms with Gasteiger partial charge in [-0.25, -0.2) is 0 Å². The molecule has 0 spiro atoms. The van der Waals surface area contributed by atoms with Crippen molar-refractivity contribution in [1.29, 1.82) is 5.26 Å². The summed E-state index contributed by atoms with van der Waals surface area (Å²) in [5, 5.41) is 8.72. The van der Waals surface area contributed by atoms with Crippen LogP contribution in [0.1, 0.15) is 25.7 Å². The van der Waals surface area contributed by atoms with E-state index in [1.54, 1.807) is 0 Å². The lowest BCUT2D eigenvalue weighted by atomic mass is 9.81. The van der Waals surface area contributed by atoms with Gasteiger partial charge in [0.25, 0.3) is 0 Å². The van der Waals surface area contributed by atoms with Crippen LogP contribution in [0, 0.1) is 23.2 Å². The molecular formula is C9H11NO2. The number of carbonyl (C=O) groups is 1. The topological polar surface area (TPSA) is 50.1 Å². The second-order valence-electron chi connectivity index (χ2n) is 3.53. The lowest BCUT2D eigenvalue weighted by Crippen LogP contribution is -2.23. The van der Waals surface area contributed by atoms with Gasteiger partial charge >= 0.3 is 5.97 Å². The van der Waals surface area contributed by atoms with Crippen LogP contribution in [0.3, 0.4) is 0 Å². The molecule has 2 fully saturated rings. The Morgan fingerprint density at radius 3 is 2.92 bits per heavy atom. The first-order valence-corrected chi connectivity index (χ1v) is 4.43. The number of hydrogen-bond donors (Lipinski definition) is 0. The highest BCUT2D eigenvalue weighted by Gasteiger charge is 2.45. The number of hydrogen-bond acceptors (Lipinski definition) is 3. The molecule has 3 heteroatoms. The number of rotatable bonds is 0. The van der Waals surface area contributed by atoms with Crippen LogP contribution in [0.25, 0.3) is 0 Å². The molecule has 1 saturated carbocycles. The van der Waals surface area contributed by atoms with Gasteiger partial charge in [-0.2, -0.15) is 5.26 Å². The molecule has 1 heterocycles. The summed E-state index contributed by atoms with van der Waals surface area (Å²) < 4.78 is 5.11. The van der Waals surface area contributed by atoms with Crippen molar-refractivity contribution in [1.82, 2.24) is 0 Å². The molecule has 0 N–H and O–H groups in total. The van der Waals surface area contributed by atoms with Gasteiger partial charge in [-0.05, 0) is 19.3 Å². The van der Waals surface area contributed by atoms with Gasteiger partial charge in [-0.1, -0.05) is 6.42 Å². The zero-order valence-corrected chi connectivity index (χ0v) is 6.82. The summed E-state index contributed by atoms with van der Waals surface area (Å²) in [6.07, 6.45) is 4.25. The third kappa shape index (κ3) is 0.989. The molecule has 2 rings (SSSR count). The van der Waals surface area contributed by atoms with Crippen LogP contribution >= 0.6 is 0 Å². The Morgan fingerprint density at radius 2 is 2.17 bits per heavy atom. The molecule has 1 aliphatic heterocycles. The van der Waals surface area contributed by atoms with Crippen molar-refractivity contribution < 1.29 is 9.53 Å². The third-order valence-electron chi connectivity index (χ3n) is 2.84. The molecule has 0 radical (unpaired) electrons. The van der Waals surface area contributed by atoms with E-state index in [0.29, 0.717) is 0 Å². The molecule has 0 aromatic heterocycles. The Labute approximate surface area is 71.3 Å². The predicted molar refractivity (Wildman–Crippen MR) is 40.9 cm³/mol. The molecule has 64 valence electrons. The minimum atomic E-state index is -0.477. The quantitative estimate of drug-likeness (QED) is 0.507. The van der Waals surface area contributed by atoms with Gasteiger partial charge in [0.2, 0.25) is 0 Å². The molecule has 0 aromatic carbocycles. The monoisotopic (exact) mass is 165 g/mol. The maximum atomic E-state index is 11.1. The zero-order chi connectivity index (χ0) is 8.55. The van der Waals surface area contributed by atoms with Crippen LogP contribution in [-0.2, 0) is 9.53 Å². The molecule has 0 amide bonds. The molecule has 0 bridgehead atoms. The first-order chi connectivity index (χ1) is 5.83. The predicted octanol–water partition coefficient (Wildman–Crippen LogP) is 1.24. The van der Waals surface area contributed by atoms with Gasteiger partial charge in [0.05, 0.1) is 6.07 Å². The first kappa shape index (κ1) is 7.60. The average Bonchev–Trinajstić information content (AvgIpc) is 2.40. The molecule has 3 atom stereocenters. The van der Waals surface area contributed by atoms with E-state index in [0.717, 1.165) is 25.7 Å². The minimum Gasteiger partial charge on any atom is -0.461 e. The summed E-state index contributed by atoms with van der Waals surface area (Å²) in [4.78, 5) is 11.1. The third-order valence-corrected chi connectivity index (χ3v) is 2.84. The molecule has 2 aliphatic rings. The highest BCUT2D eigenvalue weighted by molar-refractivity contribution is 5.78. The second kappa shape index (κ2) is 2.78. The first-order valence-electron chi connectivity index (χ1n) is 4.43. The van der Waals surface area contributed by atoms with Crippen LogP contribution in [0.2, 0.25) is 0 Å². The van der Waals surface area contributed by atoms with Gasteiger partial charge < -0.3 is 4.74 Å². The maximum Gasteiger partial charge on any atom is 0.324 e. The molecule has 3 nitrogen and oxygen atoms in total. The van der Waals surface area contributed by atoms with Gasteiger partial charge in [0.15, 0.2) is 0 Å². The molecule has 1 unspecified atom stereocenters. The maximum absolute atomic E-state index is 11.1. The SMILES string of the molecule is N#CC1C(=O)O[C@@H]2CCCC[C@H]12. The molecule has 1 saturated heterocycles. The number of carbonyl (C=O) groups excluding carboxylic acids is 1. The highest BCUT2D eigenvalue weighted by atomic mass is 16.6. The van der Waals surface area contributed by atoms with Crippen molar-refractivity contribution in [3.05, 3.63) is 0 Å². The van der Waals surface area contributed by atoms with E-state index in [4.69, 9.17) is 10.00 Å². The van der Waals surface area contributed by atoms with E-state index in [9.17, 15) is 4.79 Å². The second-order valence-corrected chi connectivity index (χ2v) is 3.53. The fourth-order valence-electron chi connectivity index (χ4n) is 2.20. The van der Waals surface area contributed by atoms with E-state index >= 15 is 0 Å². The number of ether oxygens (including phenoxy) is 1. The van der Waals surface area contributed by atoms with Gasteiger partial charge in [-0.15, -0.1) is 0 Å². The summed E-state index contributed by atoms with van der Waals surface area (Å²) in [5.41, 5.74) is 0. The molecule has 0 aromatic rings. The molecule has 12 heavy (non-hydrogen) atoms. The fraction of sp³-hybridized carbons (Fsp3) is 0.778. The smallest absolute Gasteiger partial charge is 0.324 e. The van der Waals surface area contributed by atoms with Crippen molar-refractivity contribution in [2.45, 2.75) is 31.8 Å². The van der Waals surface area contributed by atoms with Crippen molar-refractivity contribution in [3.8, 4) is 6.07 Å². The van der Waals surface area contributed by atoms with E-state index in [-0.39, 0.29) is 18.0 Å². The Hall–Kier alpha value is -1.04.